The molecule has 2 rings (SSSR count). The number of hydrogen-bond donors (Lipinski definition) is 1. The maximum Gasteiger partial charge on any atom is 0.307 e. The summed E-state index contributed by atoms with van der Waals surface area (Å²) in [6.45, 7) is 1.99. The minimum atomic E-state index is -0.533. The van der Waals surface area contributed by atoms with Crippen molar-refractivity contribution >= 4 is 11.6 Å². The van der Waals surface area contributed by atoms with Crippen molar-refractivity contribution in [1.82, 2.24) is 15.1 Å². The number of aromatic nitrogens is 2. The van der Waals surface area contributed by atoms with E-state index in [-0.39, 0.29) is 23.7 Å². The molecule has 1 aromatic rings. The Hall–Kier alpha value is -2.18. The van der Waals surface area contributed by atoms with Crippen molar-refractivity contribution in [3.8, 4) is 0 Å². The van der Waals surface area contributed by atoms with Crippen LogP contribution < -0.4 is 5.32 Å². The molecular weight excluding hydrogens is 248 g/mol. The third-order valence-corrected chi connectivity index (χ3v) is 3.18. The SMILES string of the molecule is C[C@@]1(NC(=O)Cn2cc([N+](=O)[O-])cn2)CC=CCC1. The largest absolute Gasteiger partial charge is 0.349 e. The lowest BCUT2D eigenvalue weighted by Crippen LogP contribution is -2.47. The van der Waals surface area contributed by atoms with E-state index in [0.717, 1.165) is 25.5 Å². The second-order valence-corrected chi connectivity index (χ2v) is 4.98. The van der Waals surface area contributed by atoms with E-state index in [0.29, 0.717) is 0 Å². The highest BCUT2D eigenvalue weighted by atomic mass is 16.6. The summed E-state index contributed by atoms with van der Waals surface area (Å²) in [5.74, 6) is -0.184. The lowest BCUT2D eigenvalue weighted by atomic mass is 9.87. The topological polar surface area (TPSA) is 90.1 Å². The number of carbonyl (C=O) groups is 1. The molecule has 1 aromatic heterocycles. The molecule has 1 heterocycles. The number of nitro groups is 1. The number of allylic oxidation sites excluding steroid dienone is 1. The molecule has 1 atom stereocenters. The predicted molar refractivity (Wildman–Crippen MR) is 68.4 cm³/mol. The molecule has 7 nitrogen and oxygen atoms in total. The lowest BCUT2D eigenvalue weighted by molar-refractivity contribution is -0.385. The number of nitrogens with zero attached hydrogens (tertiary/aromatic N) is 3. The van der Waals surface area contributed by atoms with Gasteiger partial charge in [0.05, 0.1) is 4.92 Å². The molecule has 1 amide bonds. The van der Waals surface area contributed by atoms with Crippen LogP contribution in [-0.2, 0) is 11.3 Å². The normalized spacial score (nSPS) is 22.2. The third kappa shape index (κ3) is 3.40. The fourth-order valence-electron chi connectivity index (χ4n) is 2.14. The first-order valence-corrected chi connectivity index (χ1v) is 6.11. The summed E-state index contributed by atoms with van der Waals surface area (Å²) >= 11 is 0. The summed E-state index contributed by atoms with van der Waals surface area (Å²) in [4.78, 5) is 21.9. The van der Waals surface area contributed by atoms with Gasteiger partial charge in [-0.3, -0.25) is 19.6 Å². The summed E-state index contributed by atoms with van der Waals surface area (Å²) < 4.78 is 1.27. The first-order chi connectivity index (χ1) is 8.98. The molecule has 0 saturated carbocycles. The number of carbonyl (C=O) groups excluding carboxylic acids is 1. The molecule has 0 radical (unpaired) electrons. The molecule has 1 aliphatic rings. The fraction of sp³-hybridized carbons (Fsp3) is 0.500. The predicted octanol–water partition coefficient (Wildman–Crippen LogP) is 1.41. The van der Waals surface area contributed by atoms with Crippen LogP contribution in [0.25, 0.3) is 0 Å². The van der Waals surface area contributed by atoms with Crippen LogP contribution in [0, 0.1) is 10.1 Å². The second-order valence-electron chi connectivity index (χ2n) is 4.98. The zero-order valence-corrected chi connectivity index (χ0v) is 10.7. The van der Waals surface area contributed by atoms with Gasteiger partial charge in [0.15, 0.2) is 0 Å². The van der Waals surface area contributed by atoms with E-state index < -0.39 is 4.92 Å². The van der Waals surface area contributed by atoms with Gasteiger partial charge in [-0.2, -0.15) is 5.10 Å². The summed E-state index contributed by atoms with van der Waals surface area (Å²) in [6, 6.07) is 0. The van der Waals surface area contributed by atoms with Gasteiger partial charge in [-0.15, -0.1) is 0 Å². The molecule has 102 valence electrons. The molecule has 0 bridgehead atoms. The Morgan fingerprint density at radius 2 is 2.42 bits per heavy atom. The van der Waals surface area contributed by atoms with Crippen LogP contribution in [0.2, 0.25) is 0 Å². The molecule has 7 heteroatoms. The quantitative estimate of drug-likeness (QED) is 0.505. The maximum absolute atomic E-state index is 11.9. The van der Waals surface area contributed by atoms with E-state index in [9.17, 15) is 14.9 Å². The molecule has 0 aliphatic heterocycles. The minimum absolute atomic E-state index is 0.00680. The first-order valence-electron chi connectivity index (χ1n) is 6.11. The zero-order chi connectivity index (χ0) is 13.9. The molecule has 0 aromatic carbocycles. The van der Waals surface area contributed by atoms with Crippen LogP contribution in [0.15, 0.2) is 24.5 Å². The van der Waals surface area contributed by atoms with Crippen molar-refractivity contribution in [3.63, 3.8) is 0 Å². The van der Waals surface area contributed by atoms with Gasteiger partial charge in [-0.25, -0.2) is 0 Å². The van der Waals surface area contributed by atoms with Gasteiger partial charge < -0.3 is 5.32 Å². The van der Waals surface area contributed by atoms with Gasteiger partial charge in [0.1, 0.15) is 18.9 Å². The van der Waals surface area contributed by atoms with Crippen molar-refractivity contribution in [2.24, 2.45) is 0 Å². The summed E-state index contributed by atoms with van der Waals surface area (Å²) in [5.41, 5.74) is -0.343. The van der Waals surface area contributed by atoms with Crippen LogP contribution in [0.3, 0.4) is 0 Å². The van der Waals surface area contributed by atoms with Crippen LogP contribution in [0.4, 0.5) is 5.69 Å². The van der Waals surface area contributed by atoms with Gasteiger partial charge in [0.2, 0.25) is 5.91 Å². The van der Waals surface area contributed by atoms with Crippen LogP contribution in [-0.4, -0.2) is 26.1 Å². The Bertz CT molecular complexity index is 523. The molecule has 0 fully saturated rings. The number of nitrogens with one attached hydrogen (secondary N) is 1. The second kappa shape index (κ2) is 5.21. The lowest BCUT2D eigenvalue weighted by Gasteiger charge is -2.31. The smallest absolute Gasteiger partial charge is 0.307 e. The molecular formula is C12H16N4O3. The van der Waals surface area contributed by atoms with E-state index in [1.165, 1.54) is 10.9 Å². The van der Waals surface area contributed by atoms with Crippen molar-refractivity contribution in [2.75, 3.05) is 0 Å². The molecule has 0 saturated heterocycles. The van der Waals surface area contributed by atoms with Gasteiger partial charge >= 0.3 is 5.69 Å². The van der Waals surface area contributed by atoms with Gasteiger partial charge in [0, 0.05) is 5.54 Å². The highest BCUT2D eigenvalue weighted by molar-refractivity contribution is 5.76. The minimum Gasteiger partial charge on any atom is -0.349 e. The monoisotopic (exact) mass is 264 g/mol. The first kappa shape index (κ1) is 13.3. The maximum atomic E-state index is 11.9. The molecule has 0 spiro atoms. The number of hydrogen-bond acceptors (Lipinski definition) is 4. The van der Waals surface area contributed by atoms with E-state index in [2.05, 4.69) is 22.6 Å². The van der Waals surface area contributed by atoms with Gasteiger partial charge in [0.25, 0.3) is 0 Å². The summed E-state index contributed by atoms with van der Waals surface area (Å²) in [7, 11) is 0. The van der Waals surface area contributed by atoms with Crippen LogP contribution in [0.5, 0.6) is 0 Å². The summed E-state index contributed by atoms with van der Waals surface area (Å²) in [6.07, 6.45) is 9.20. The van der Waals surface area contributed by atoms with E-state index >= 15 is 0 Å². The Labute approximate surface area is 110 Å². The Kier molecular flexibility index (Phi) is 3.64. The Morgan fingerprint density at radius 3 is 3.00 bits per heavy atom. The molecule has 1 N–H and O–H groups in total. The van der Waals surface area contributed by atoms with Crippen molar-refractivity contribution in [2.45, 2.75) is 38.3 Å². The van der Waals surface area contributed by atoms with Gasteiger partial charge in [-0.05, 0) is 26.2 Å². The molecule has 1 aliphatic carbocycles. The van der Waals surface area contributed by atoms with Crippen molar-refractivity contribution < 1.29 is 9.72 Å². The van der Waals surface area contributed by atoms with Crippen molar-refractivity contribution in [3.05, 3.63) is 34.7 Å². The zero-order valence-electron chi connectivity index (χ0n) is 10.7. The average molecular weight is 264 g/mol. The standard InChI is InChI=1S/C12H16N4O3/c1-12(5-3-2-4-6-12)14-11(17)9-15-8-10(7-13-15)16(18)19/h2-3,7-8H,4-6,9H2,1H3,(H,14,17)/t12-/m1/s1. The van der Waals surface area contributed by atoms with E-state index in [1.807, 2.05) is 6.92 Å². The van der Waals surface area contributed by atoms with E-state index in [4.69, 9.17) is 0 Å². The summed E-state index contributed by atoms with van der Waals surface area (Å²) in [5, 5.41) is 17.3. The number of amides is 1. The van der Waals surface area contributed by atoms with Crippen molar-refractivity contribution in [1.29, 1.82) is 0 Å². The van der Waals surface area contributed by atoms with Crippen LogP contribution in [0.1, 0.15) is 26.2 Å². The third-order valence-electron chi connectivity index (χ3n) is 3.18. The number of rotatable bonds is 4. The van der Waals surface area contributed by atoms with Gasteiger partial charge in [-0.1, -0.05) is 12.2 Å². The average Bonchev–Trinajstić information content (AvgIpc) is 2.77. The Morgan fingerprint density at radius 1 is 1.63 bits per heavy atom. The van der Waals surface area contributed by atoms with Crippen LogP contribution >= 0.6 is 0 Å². The highest BCUT2D eigenvalue weighted by Crippen LogP contribution is 2.22. The highest BCUT2D eigenvalue weighted by Gasteiger charge is 2.26. The Balaban J connectivity index is 1.93. The van der Waals surface area contributed by atoms with E-state index in [1.54, 1.807) is 0 Å². The molecule has 0 unspecified atom stereocenters. The fourth-order valence-corrected chi connectivity index (χ4v) is 2.14. The molecule has 19 heavy (non-hydrogen) atoms.